The molecule has 1 aliphatic heterocycles. The lowest BCUT2D eigenvalue weighted by molar-refractivity contribution is -0.115. The second-order valence-electron chi connectivity index (χ2n) is 7.72. The van der Waals surface area contributed by atoms with E-state index in [-0.39, 0.29) is 22.3 Å². The highest BCUT2D eigenvalue weighted by molar-refractivity contribution is 7.07. The summed E-state index contributed by atoms with van der Waals surface area (Å²) >= 11 is 1.04. The molecule has 0 unspecified atom stereocenters. The number of ether oxygens (including phenoxy) is 2. The zero-order chi connectivity index (χ0) is 25.2. The van der Waals surface area contributed by atoms with Gasteiger partial charge in [0.1, 0.15) is 34.2 Å². The van der Waals surface area contributed by atoms with Crippen LogP contribution in [0.15, 0.2) is 23.0 Å². The Morgan fingerprint density at radius 3 is 2.77 bits per heavy atom. The van der Waals surface area contributed by atoms with Crippen LogP contribution in [0.5, 0.6) is 5.75 Å². The second kappa shape index (κ2) is 12.7. The summed E-state index contributed by atoms with van der Waals surface area (Å²) in [5, 5.41) is 23.6. The van der Waals surface area contributed by atoms with Crippen LogP contribution in [-0.4, -0.2) is 61.4 Å². The van der Waals surface area contributed by atoms with E-state index in [4.69, 9.17) is 14.7 Å². The van der Waals surface area contributed by atoms with Gasteiger partial charge in [0.15, 0.2) is 5.57 Å². The van der Waals surface area contributed by atoms with Crippen LogP contribution in [0, 0.1) is 29.6 Å². The number of carbonyl (C=O) groups excluding carboxylic acids is 1. The first kappa shape index (κ1) is 26.0. The third-order valence-corrected chi connectivity index (χ3v) is 6.56. The zero-order valence-electron chi connectivity index (χ0n) is 19.8. The highest BCUT2D eigenvalue weighted by atomic mass is 32.1. The average molecular weight is 497 g/mol. The van der Waals surface area contributed by atoms with Crippen molar-refractivity contribution in [2.75, 3.05) is 51.3 Å². The maximum absolute atomic E-state index is 12.9. The number of rotatable bonds is 9. The van der Waals surface area contributed by atoms with Gasteiger partial charge in [-0.3, -0.25) is 19.1 Å². The van der Waals surface area contributed by atoms with Crippen molar-refractivity contribution in [1.29, 1.82) is 10.5 Å². The van der Waals surface area contributed by atoms with E-state index in [0.29, 0.717) is 17.7 Å². The van der Waals surface area contributed by atoms with Crippen LogP contribution in [0.25, 0.3) is 11.8 Å². The number of carbonyl (C=O) groups is 1. The van der Waals surface area contributed by atoms with Crippen LogP contribution in [-0.2, 0) is 16.1 Å². The van der Waals surface area contributed by atoms with Gasteiger partial charge in [-0.05, 0) is 25.5 Å². The van der Waals surface area contributed by atoms with Crippen molar-refractivity contribution in [3.8, 4) is 17.9 Å². The minimum Gasteiger partial charge on any atom is -0.492 e. The molecule has 1 amide bonds. The monoisotopic (exact) mass is 496 g/mol. The summed E-state index contributed by atoms with van der Waals surface area (Å²) in [6.45, 7) is 8.48. The summed E-state index contributed by atoms with van der Waals surface area (Å²) in [6, 6.07) is 9.35. The van der Waals surface area contributed by atoms with E-state index < -0.39 is 5.91 Å². The Morgan fingerprint density at radius 1 is 1.31 bits per heavy atom. The molecule has 11 heteroatoms. The van der Waals surface area contributed by atoms with Gasteiger partial charge < -0.3 is 20.1 Å². The van der Waals surface area contributed by atoms with Gasteiger partial charge in [-0.1, -0.05) is 6.07 Å². The van der Waals surface area contributed by atoms with Crippen LogP contribution in [0.2, 0.25) is 0 Å². The molecule has 1 aromatic heterocycles. The number of morpholine rings is 1. The van der Waals surface area contributed by atoms with E-state index in [2.05, 4.69) is 15.5 Å². The molecule has 0 spiro atoms. The quantitative estimate of drug-likeness (QED) is 0.468. The van der Waals surface area contributed by atoms with E-state index in [0.717, 1.165) is 61.2 Å². The fourth-order valence-corrected chi connectivity index (χ4v) is 4.59. The Balaban J connectivity index is 1.81. The molecule has 35 heavy (non-hydrogen) atoms. The minimum atomic E-state index is -0.686. The standard InChI is InChI=1S/C24H28N6O4S/c1-3-30-23(32)21(35-24(30)19(15-26)22(31)27-7-6-25)16-28-18-5-4-17(2)20(14-18)34-13-10-29-8-11-33-12-9-29/h4-5,14,16,28H,3,7-13H2,1-2H3,(H,27,31)/b21-16+,24-19-. The Morgan fingerprint density at radius 2 is 2.09 bits per heavy atom. The Labute approximate surface area is 207 Å². The number of nitrogens with one attached hydrogen (secondary N) is 2. The predicted octanol–water partition coefficient (Wildman–Crippen LogP) is 0.113. The van der Waals surface area contributed by atoms with Crippen molar-refractivity contribution in [2.45, 2.75) is 20.4 Å². The number of amides is 1. The van der Waals surface area contributed by atoms with Gasteiger partial charge in [0.05, 0.1) is 19.3 Å². The van der Waals surface area contributed by atoms with Gasteiger partial charge >= 0.3 is 0 Å². The van der Waals surface area contributed by atoms with E-state index in [1.165, 1.54) is 4.57 Å². The number of nitriles is 2. The van der Waals surface area contributed by atoms with Gasteiger partial charge in [0.2, 0.25) is 0 Å². The Bertz CT molecular complexity index is 1310. The van der Waals surface area contributed by atoms with Crippen molar-refractivity contribution >= 4 is 34.7 Å². The molecule has 3 rings (SSSR count). The fourth-order valence-electron chi connectivity index (χ4n) is 3.50. The summed E-state index contributed by atoms with van der Waals surface area (Å²) in [7, 11) is 0. The summed E-state index contributed by atoms with van der Waals surface area (Å²) in [5.41, 5.74) is 1.23. The first-order valence-electron chi connectivity index (χ1n) is 11.3. The molecule has 0 saturated carbocycles. The lowest BCUT2D eigenvalue weighted by atomic mass is 10.2. The van der Waals surface area contributed by atoms with Crippen molar-refractivity contribution in [3.05, 3.63) is 43.3 Å². The maximum atomic E-state index is 12.9. The van der Waals surface area contributed by atoms with E-state index in [1.54, 1.807) is 19.2 Å². The highest BCUT2D eigenvalue weighted by Crippen LogP contribution is 2.22. The van der Waals surface area contributed by atoms with Crippen molar-refractivity contribution < 1.29 is 14.3 Å². The molecule has 0 aliphatic carbocycles. The van der Waals surface area contributed by atoms with E-state index in [1.807, 2.05) is 31.2 Å². The maximum Gasteiger partial charge on any atom is 0.270 e. The smallest absolute Gasteiger partial charge is 0.270 e. The molecule has 0 atom stereocenters. The normalized spacial score (nSPS) is 15.1. The van der Waals surface area contributed by atoms with E-state index >= 15 is 0 Å². The fraction of sp³-hybridized carbons (Fsp3) is 0.417. The number of anilines is 1. The van der Waals surface area contributed by atoms with Gasteiger partial charge in [-0.2, -0.15) is 10.5 Å². The Kier molecular flexibility index (Phi) is 9.44. The van der Waals surface area contributed by atoms with E-state index in [9.17, 15) is 14.9 Å². The summed E-state index contributed by atoms with van der Waals surface area (Å²) < 4.78 is 13.3. The number of aromatic nitrogens is 1. The second-order valence-corrected chi connectivity index (χ2v) is 8.75. The molecule has 1 aromatic carbocycles. The van der Waals surface area contributed by atoms with Gasteiger partial charge in [-0.25, -0.2) is 0 Å². The average Bonchev–Trinajstić information content (AvgIpc) is 3.18. The summed E-state index contributed by atoms with van der Waals surface area (Å²) in [6.07, 6.45) is 1.56. The molecule has 184 valence electrons. The van der Waals surface area contributed by atoms with Crippen LogP contribution in [0.1, 0.15) is 12.5 Å². The number of hydrogen-bond donors (Lipinski definition) is 2. The largest absolute Gasteiger partial charge is 0.492 e. The van der Waals surface area contributed by atoms with Crippen molar-refractivity contribution in [2.24, 2.45) is 0 Å². The molecular formula is C24H28N6O4S. The van der Waals surface area contributed by atoms with Crippen LogP contribution >= 0.6 is 11.3 Å². The topological polar surface area (TPSA) is 132 Å². The molecular weight excluding hydrogens is 468 g/mol. The van der Waals surface area contributed by atoms with Crippen molar-refractivity contribution in [3.63, 3.8) is 0 Å². The van der Waals surface area contributed by atoms with Crippen LogP contribution in [0.4, 0.5) is 5.69 Å². The first-order valence-corrected chi connectivity index (χ1v) is 12.1. The van der Waals surface area contributed by atoms with Gasteiger partial charge in [-0.15, -0.1) is 11.3 Å². The number of nitrogens with zero attached hydrogens (tertiary/aromatic N) is 4. The van der Waals surface area contributed by atoms with Gasteiger partial charge in [0.25, 0.3) is 11.5 Å². The number of aryl methyl sites for hydroxylation is 1. The molecule has 10 nitrogen and oxygen atoms in total. The third-order valence-electron chi connectivity index (χ3n) is 5.43. The van der Waals surface area contributed by atoms with Crippen molar-refractivity contribution in [1.82, 2.24) is 14.8 Å². The predicted molar refractivity (Wildman–Crippen MR) is 133 cm³/mol. The lowest BCUT2D eigenvalue weighted by Crippen LogP contribution is -2.38. The first-order chi connectivity index (χ1) is 17.0. The van der Waals surface area contributed by atoms with Gasteiger partial charge in [0, 0.05) is 44.1 Å². The molecule has 2 aromatic rings. The molecule has 0 radical (unpaired) electrons. The SMILES string of the molecule is CCn1c(=O)/c(=C\Nc2ccc(C)c(OCCN3CCOCC3)c2)s/c1=C(/C#N)C(=O)NCC#N. The third kappa shape index (κ3) is 6.70. The van der Waals surface area contributed by atoms with Crippen LogP contribution < -0.4 is 30.1 Å². The molecule has 1 saturated heterocycles. The molecule has 0 bridgehead atoms. The number of hydrogen-bond acceptors (Lipinski definition) is 9. The summed E-state index contributed by atoms with van der Waals surface area (Å²) in [4.78, 5) is 27.4. The van der Waals surface area contributed by atoms with Crippen LogP contribution in [0.3, 0.4) is 0 Å². The summed E-state index contributed by atoms with van der Waals surface area (Å²) in [5.74, 6) is 0.0678. The zero-order valence-corrected chi connectivity index (χ0v) is 20.6. The highest BCUT2D eigenvalue weighted by Gasteiger charge is 2.15. The lowest BCUT2D eigenvalue weighted by Gasteiger charge is -2.26. The molecule has 1 fully saturated rings. The molecule has 1 aliphatic rings. The Hall–Kier alpha value is -3.64. The molecule has 2 N–H and O–H groups in total. The molecule has 2 heterocycles. The number of benzene rings is 1. The minimum absolute atomic E-state index is 0.199. The number of thiazole rings is 1.